The van der Waals surface area contributed by atoms with Gasteiger partial charge in [0.05, 0.1) is 5.56 Å². The maximum atomic E-state index is 12.4. The Labute approximate surface area is 118 Å². The highest BCUT2D eigenvalue weighted by atomic mass is 19.4. The van der Waals surface area contributed by atoms with Gasteiger partial charge in [-0.05, 0) is 24.5 Å². The van der Waals surface area contributed by atoms with Crippen LogP contribution in [0.1, 0.15) is 29.4 Å². The molecule has 0 aromatic carbocycles. The van der Waals surface area contributed by atoms with Gasteiger partial charge < -0.3 is 10.0 Å². The van der Waals surface area contributed by atoms with E-state index in [2.05, 4.69) is 4.98 Å². The molecule has 1 amide bonds. The summed E-state index contributed by atoms with van der Waals surface area (Å²) in [5, 5.41) is 9.14. The molecule has 114 valence electrons. The Balaban J connectivity index is 2.22. The van der Waals surface area contributed by atoms with Crippen molar-refractivity contribution in [1.29, 1.82) is 0 Å². The van der Waals surface area contributed by atoms with Crippen LogP contribution in [0, 0.1) is 5.92 Å². The largest absolute Gasteiger partial charge is 0.480 e. The van der Waals surface area contributed by atoms with E-state index in [9.17, 15) is 22.8 Å². The first-order valence-electron chi connectivity index (χ1n) is 6.29. The first-order valence-corrected chi connectivity index (χ1v) is 6.29. The molecule has 1 saturated heterocycles. The second-order valence-electron chi connectivity index (χ2n) is 4.98. The molecule has 5 nitrogen and oxygen atoms in total. The number of carbonyl (C=O) groups excluding carboxylic acids is 1. The summed E-state index contributed by atoms with van der Waals surface area (Å²) in [6.45, 7) is 1.98. The lowest BCUT2D eigenvalue weighted by Crippen LogP contribution is -2.42. The van der Waals surface area contributed by atoms with Crippen molar-refractivity contribution in [2.45, 2.75) is 25.6 Å². The fourth-order valence-electron chi connectivity index (χ4n) is 2.41. The summed E-state index contributed by atoms with van der Waals surface area (Å²) in [5.41, 5.74) is -1.15. The SMILES string of the molecule is CC1CCN(C(=O)c2ccc(C(F)(F)F)nc2)C1C(=O)O. The minimum absolute atomic E-state index is 0.0525. The molecule has 0 spiro atoms. The van der Waals surface area contributed by atoms with Gasteiger partial charge in [0.25, 0.3) is 5.91 Å². The van der Waals surface area contributed by atoms with Crippen LogP contribution in [0.4, 0.5) is 13.2 Å². The maximum Gasteiger partial charge on any atom is 0.433 e. The van der Waals surface area contributed by atoms with Gasteiger partial charge in [-0.3, -0.25) is 9.78 Å². The first kappa shape index (κ1) is 15.3. The number of likely N-dealkylation sites (tertiary alicyclic amines) is 1. The molecular weight excluding hydrogens is 289 g/mol. The van der Waals surface area contributed by atoms with Crippen LogP contribution >= 0.6 is 0 Å². The lowest BCUT2D eigenvalue weighted by Gasteiger charge is -2.23. The van der Waals surface area contributed by atoms with Gasteiger partial charge in [-0.2, -0.15) is 13.2 Å². The van der Waals surface area contributed by atoms with E-state index in [4.69, 9.17) is 5.11 Å². The second kappa shape index (κ2) is 5.34. The number of carbonyl (C=O) groups is 2. The Morgan fingerprint density at radius 3 is 2.52 bits per heavy atom. The van der Waals surface area contributed by atoms with Gasteiger partial charge in [-0.1, -0.05) is 6.92 Å². The van der Waals surface area contributed by atoms with E-state index in [0.717, 1.165) is 17.2 Å². The van der Waals surface area contributed by atoms with E-state index in [1.54, 1.807) is 6.92 Å². The van der Waals surface area contributed by atoms with Crippen LogP contribution in [0.5, 0.6) is 0 Å². The van der Waals surface area contributed by atoms with Gasteiger partial charge in [0.15, 0.2) is 0 Å². The normalized spacial score (nSPS) is 22.4. The van der Waals surface area contributed by atoms with Gasteiger partial charge in [0.1, 0.15) is 11.7 Å². The summed E-state index contributed by atoms with van der Waals surface area (Å²) in [5.74, 6) is -1.94. The van der Waals surface area contributed by atoms with E-state index >= 15 is 0 Å². The van der Waals surface area contributed by atoms with Crippen molar-refractivity contribution in [2.24, 2.45) is 5.92 Å². The average Bonchev–Trinajstić information content (AvgIpc) is 2.79. The standard InChI is InChI=1S/C13H13F3N2O3/c1-7-4-5-18(10(7)12(20)21)11(19)8-2-3-9(17-6-8)13(14,15)16/h2-3,6-7,10H,4-5H2,1H3,(H,20,21). The van der Waals surface area contributed by atoms with Gasteiger partial charge in [0, 0.05) is 12.7 Å². The first-order chi connectivity index (χ1) is 9.71. The molecular formula is C13H13F3N2O3. The molecule has 0 aliphatic carbocycles. The molecule has 21 heavy (non-hydrogen) atoms. The summed E-state index contributed by atoms with van der Waals surface area (Å²) >= 11 is 0. The van der Waals surface area contributed by atoms with Crippen LogP contribution in [0.25, 0.3) is 0 Å². The fraction of sp³-hybridized carbons (Fsp3) is 0.462. The molecule has 2 heterocycles. The molecule has 0 bridgehead atoms. The molecule has 2 atom stereocenters. The van der Waals surface area contributed by atoms with Crippen LogP contribution in [0.3, 0.4) is 0 Å². The molecule has 1 aliphatic rings. The van der Waals surface area contributed by atoms with Crippen LogP contribution in [-0.4, -0.2) is 39.5 Å². The summed E-state index contributed by atoms with van der Waals surface area (Å²) in [7, 11) is 0. The number of aromatic nitrogens is 1. The third kappa shape index (κ3) is 2.98. The van der Waals surface area contributed by atoms with Crippen molar-refractivity contribution < 1.29 is 27.9 Å². The van der Waals surface area contributed by atoms with Crippen molar-refractivity contribution >= 4 is 11.9 Å². The molecule has 0 saturated carbocycles. The van der Waals surface area contributed by atoms with Crippen molar-refractivity contribution in [1.82, 2.24) is 9.88 Å². The number of pyridine rings is 1. The van der Waals surface area contributed by atoms with E-state index < -0.39 is 29.8 Å². The Morgan fingerprint density at radius 2 is 2.05 bits per heavy atom. The summed E-state index contributed by atoms with van der Waals surface area (Å²) in [6.07, 6.45) is -3.21. The Morgan fingerprint density at radius 1 is 1.38 bits per heavy atom. The molecule has 1 N–H and O–H groups in total. The number of amides is 1. The number of hydrogen-bond donors (Lipinski definition) is 1. The number of aliphatic carboxylic acids is 1. The molecule has 1 aliphatic heterocycles. The highest BCUT2D eigenvalue weighted by molar-refractivity contribution is 5.96. The highest BCUT2D eigenvalue weighted by Gasteiger charge is 2.40. The smallest absolute Gasteiger partial charge is 0.433 e. The minimum atomic E-state index is -4.58. The molecule has 1 aromatic heterocycles. The van der Waals surface area contributed by atoms with Crippen LogP contribution < -0.4 is 0 Å². The predicted octanol–water partition coefficient (Wildman–Crippen LogP) is 2.04. The predicted molar refractivity (Wildman–Crippen MR) is 65.5 cm³/mol. The average molecular weight is 302 g/mol. The molecule has 8 heteroatoms. The van der Waals surface area contributed by atoms with Crippen LogP contribution in [-0.2, 0) is 11.0 Å². The van der Waals surface area contributed by atoms with Gasteiger partial charge >= 0.3 is 12.1 Å². The topological polar surface area (TPSA) is 70.5 Å². The van der Waals surface area contributed by atoms with E-state index in [0.29, 0.717) is 12.5 Å². The monoisotopic (exact) mass is 302 g/mol. The summed E-state index contributed by atoms with van der Waals surface area (Å²) < 4.78 is 37.2. The van der Waals surface area contributed by atoms with Gasteiger partial charge in [0.2, 0.25) is 0 Å². The van der Waals surface area contributed by atoms with Crippen molar-refractivity contribution in [3.63, 3.8) is 0 Å². The fourth-order valence-corrected chi connectivity index (χ4v) is 2.41. The zero-order valence-corrected chi connectivity index (χ0v) is 11.1. The van der Waals surface area contributed by atoms with Gasteiger partial charge in [-0.15, -0.1) is 0 Å². The van der Waals surface area contributed by atoms with E-state index in [1.807, 2.05) is 0 Å². The van der Waals surface area contributed by atoms with Gasteiger partial charge in [-0.25, -0.2) is 4.79 Å². The number of nitrogens with zero attached hydrogens (tertiary/aromatic N) is 2. The molecule has 1 fully saturated rings. The summed E-state index contributed by atoms with van der Waals surface area (Å²) in [4.78, 5) is 27.8. The third-order valence-electron chi connectivity index (χ3n) is 3.51. The molecule has 1 aromatic rings. The van der Waals surface area contributed by atoms with Crippen molar-refractivity contribution in [2.75, 3.05) is 6.54 Å². The Hall–Kier alpha value is -2.12. The molecule has 2 unspecified atom stereocenters. The maximum absolute atomic E-state index is 12.4. The van der Waals surface area contributed by atoms with Crippen molar-refractivity contribution in [3.8, 4) is 0 Å². The lowest BCUT2D eigenvalue weighted by atomic mass is 10.0. The van der Waals surface area contributed by atoms with Crippen LogP contribution in [0.15, 0.2) is 18.3 Å². The number of hydrogen-bond acceptors (Lipinski definition) is 3. The second-order valence-corrected chi connectivity index (χ2v) is 4.98. The Bertz CT molecular complexity index is 557. The number of alkyl halides is 3. The van der Waals surface area contributed by atoms with Crippen LogP contribution in [0.2, 0.25) is 0 Å². The molecule has 0 radical (unpaired) electrons. The zero-order chi connectivity index (χ0) is 15.8. The molecule has 2 rings (SSSR count). The number of carboxylic acids is 1. The lowest BCUT2D eigenvalue weighted by molar-refractivity contribution is -0.142. The number of halogens is 3. The minimum Gasteiger partial charge on any atom is -0.480 e. The van der Waals surface area contributed by atoms with E-state index in [1.165, 1.54) is 0 Å². The number of carboxylic acid groups (broad SMARTS) is 1. The number of rotatable bonds is 2. The van der Waals surface area contributed by atoms with Crippen molar-refractivity contribution in [3.05, 3.63) is 29.6 Å². The zero-order valence-electron chi connectivity index (χ0n) is 11.1. The Kier molecular flexibility index (Phi) is 3.89. The van der Waals surface area contributed by atoms with E-state index in [-0.39, 0.29) is 18.0 Å². The summed E-state index contributed by atoms with van der Waals surface area (Å²) in [6, 6.07) is 0.766. The highest BCUT2D eigenvalue weighted by Crippen LogP contribution is 2.29. The quantitative estimate of drug-likeness (QED) is 0.907. The third-order valence-corrected chi connectivity index (χ3v) is 3.51.